The fraction of sp³-hybridized carbons (Fsp3) is 0.746. The van der Waals surface area contributed by atoms with Crippen LogP contribution in [0, 0.1) is 0 Å². The number of unbranched alkanes of at least 4 members (excludes halogenated alkanes) is 31. The molecule has 6 heteroatoms. The molecule has 0 bridgehead atoms. The Morgan fingerprint density at radius 3 is 0.877 bits per heavy atom. The second-order valence-corrected chi connectivity index (χ2v) is 20.6. The summed E-state index contributed by atoms with van der Waals surface area (Å²) in [7, 11) is 0. The average molecular weight is 1020 g/mol. The van der Waals surface area contributed by atoms with E-state index in [1.54, 1.807) is 0 Å². The number of carbonyl (C=O) groups is 3. The Labute approximate surface area is 452 Å². The van der Waals surface area contributed by atoms with Crippen LogP contribution in [0.5, 0.6) is 0 Å². The number of ether oxygens (including phenoxy) is 3. The molecule has 0 aliphatic rings. The summed E-state index contributed by atoms with van der Waals surface area (Å²) in [5.74, 6) is -0.891. The first kappa shape index (κ1) is 69.6. The summed E-state index contributed by atoms with van der Waals surface area (Å²) in [5.41, 5.74) is 0. The van der Waals surface area contributed by atoms with E-state index >= 15 is 0 Å². The van der Waals surface area contributed by atoms with Crippen LogP contribution >= 0.6 is 0 Å². The van der Waals surface area contributed by atoms with Gasteiger partial charge in [0.05, 0.1) is 0 Å². The highest BCUT2D eigenvalue weighted by Crippen LogP contribution is 2.16. The van der Waals surface area contributed by atoms with Crippen molar-refractivity contribution >= 4 is 17.9 Å². The maximum absolute atomic E-state index is 12.9. The minimum Gasteiger partial charge on any atom is -0.462 e. The first-order valence-corrected chi connectivity index (χ1v) is 31.1. The minimum absolute atomic E-state index is 0.0821. The van der Waals surface area contributed by atoms with E-state index in [-0.39, 0.29) is 31.1 Å². The Morgan fingerprint density at radius 1 is 0.288 bits per heavy atom. The molecule has 0 aromatic heterocycles. The molecule has 0 amide bonds. The van der Waals surface area contributed by atoms with Gasteiger partial charge in [-0.3, -0.25) is 14.4 Å². The standard InChI is InChI=1S/C67H116O6/c1-4-7-10-13-16-19-22-25-27-29-31-32-33-34-35-36-37-39-40-42-45-48-51-54-57-60-66(69)72-63-64(62-71-65(68)59-56-53-50-47-44-24-21-18-15-12-9-6-3)73-67(70)61-58-55-52-49-46-43-41-38-30-28-26-23-20-17-14-11-8-5-2/h7,10,16,18-21,23,25,27-28,30-32,64H,4-6,8-9,11-15,17,22,24,26,29,33-63H2,1-3H3/b10-7-,19-16-,21-18-,23-20-,27-25-,30-28-,32-31-. The van der Waals surface area contributed by atoms with E-state index in [0.29, 0.717) is 19.3 Å². The summed E-state index contributed by atoms with van der Waals surface area (Å²) < 4.78 is 16.9. The molecule has 6 nitrogen and oxygen atoms in total. The molecule has 0 saturated carbocycles. The number of allylic oxidation sites excluding steroid dienone is 14. The van der Waals surface area contributed by atoms with Gasteiger partial charge in [0.2, 0.25) is 0 Å². The van der Waals surface area contributed by atoms with E-state index < -0.39 is 6.10 Å². The van der Waals surface area contributed by atoms with Crippen molar-refractivity contribution in [2.24, 2.45) is 0 Å². The molecular weight excluding hydrogens is 901 g/mol. The van der Waals surface area contributed by atoms with Gasteiger partial charge in [-0.05, 0) is 116 Å². The second kappa shape index (κ2) is 61.1. The quantitative estimate of drug-likeness (QED) is 0.0261. The van der Waals surface area contributed by atoms with Gasteiger partial charge in [0.25, 0.3) is 0 Å². The van der Waals surface area contributed by atoms with E-state index in [9.17, 15) is 14.4 Å². The van der Waals surface area contributed by atoms with Crippen LogP contribution in [0.3, 0.4) is 0 Å². The Bertz CT molecular complexity index is 1400. The van der Waals surface area contributed by atoms with E-state index in [4.69, 9.17) is 14.2 Å². The van der Waals surface area contributed by atoms with Crippen LogP contribution in [0.2, 0.25) is 0 Å². The Hall–Kier alpha value is -3.41. The van der Waals surface area contributed by atoms with E-state index in [1.807, 2.05) is 0 Å². The lowest BCUT2D eigenvalue weighted by molar-refractivity contribution is -0.167. The van der Waals surface area contributed by atoms with Crippen molar-refractivity contribution in [3.63, 3.8) is 0 Å². The lowest BCUT2D eigenvalue weighted by atomic mass is 10.0. The van der Waals surface area contributed by atoms with Gasteiger partial charge in [0.15, 0.2) is 6.10 Å². The lowest BCUT2D eigenvalue weighted by Gasteiger charge is -2.18. The average Bonchev–Trinajstić information content (AvgIpc) is 3.39. The van der Waals surface area contributed by atoms with Gasteiger partial charge in [0.1, 0.15) is 13.2 Å². The molecule has 0 fully saturated rings. The fourth-order valence-corrected chi connectivity index (χ4v) is 8.69. The molecule has 0 aliphatic heterocycles. The van der Waals surface area contributed by atoms with Crippen molar-refractivity contribution in [2.45, 2.75) is 309 Å². The molecule has 0 N–H and O–H groups in total. The summed E-state index contributed by atoms with van der Waals surface area (Å²) >= 11 is 0. The van der Waals surface area contributed by atoms with Gasteiger partial charge in [-0.1, -0.05) is 254 Å². The van der Waals surface area contributed by atoms with Crippen molar-refractivity contribution in [2.75, 3.05) is 13.2 Å². The highest BCUT2D eigenvalue weighted by atomic mass is 16.6. The first-order valence-electron chi connectivity index (χ1n) is 31.1. The molecule has 0 radical (unpaired) electrons. The largest absolute Gasteiger partial charge is 0.462 e. The van der Waals surface area contributed by atoms with Crippen LogP contribution in [-0.4, -0.2) is 37.2 Å². The predicted octanol–water partition coefficient (Wildman–Crippen LogP) is 21.1. The third-order valence-corrected chi connectivity index (χ3v) is 13.4. The van der Waals surface area contributed by atoms with Gasteiger partial charge >= 0.3 is 17.9 Å². The van der Waals surface area contributed by atoms with Crippen LogP contribution < -0.4 is 0 Å². The second-order valence-electron chi connectivity index (χ2n) is 20.6. The van der Waals surface area contributed by atoms with Crippen molar-refractivity contribution < 1.29 is 28.6 Å². The minimum atomic E-state index is -0.785. The summed E-state index contributed by atoms with van der Waals surface area (Å²) in [6.45, 7) is 6.50. The third-order valence-electron chi connectivity index (χ3n) is 13.4. The highest BCUT2D eigenvalue weighted by molar-refractivity contribution is 5.71. The van der Waals surface area contributed by atoms with Crippen molar-refractivity contribution in [1.82, 2.24) is 0 Å². The summed E-state index contributed by atoms with van der Waals surface area (Å²) in [5, 5.41) is 0. The van der Waals surface area contributed by atoms with Crippen molar-refractivity contribution in [3.8, 4) is 0 Å². The van der Waals surface area contributed by atoms with Crippen LogP contribution in [0.4, 0.5) is 0 Å². The van der Waals surface area contributed by atoms with Gasteiger partial charge in [-0.15, -0.1) is 0 Å². The zero-order valence-electron chi connectivity index (χ0n) is 48.1. The molecule has 0 aromatic rings. The van der Waals surface area contributed by atoms with Gasteiger partial charge < -0.3 is 14.2 Å². The van der Waals surface area contributed by atoms with Crippen LogP contribution in [0.1, 0.15) is 303 Å². The summed E-state index contributed by atoms with van der Waals surface area (Å²) in [4.78, 5) is 38.2. The predicted molar refractivity (Wildman–Crippen MR) is 316 cm³/mol. The van der Waals surface area contributed by atoms with E-state index in [2.05, 4.69) is 106 Å². The normalized spacial score (nSPS) is 12.6. The molecule has 420 valence electrons. The molecule has 1 atom stereocenters. The molecule has 0 aromatic carbocycles. The summed E-state index contributed by atoms with van der Waals surface area (Å²) in [6.07, 6.45) is 80.1. The van der Waals surface area contributed by atoms with Gasteiger partial charge in [0, 0.05) is 19.3 Å². The molecular formula is C67H116O6. The molecule has 0 aliphatic carbocycles. The third kappa shape index (κ3) is 59.3. The number of carbonyl (C=O) groups excluding carboxylic acids is 3. The highest BCUT2D eigenvalue weighted by Gasteiger charge is 2.19. The van der Waals surface area contributed by atoms with Crippen molar-refractivity contribution in [3.05, 3.63) is 85.1 Å². The topological polar surface area (TPSA) is 78.9 Å². The monoisotopic (exact) mass is 1020 g/mol. The smallest absolute Gasteiger partial charge is 0.306 e. The number of esters is 3. The SMILES string of the molecule is CC/C=C\C/C=C\C/C=C\C/C=C\CCCCCCCCCCCCCCC(=O)OCC(COC(=O)CCCCCCC/C=C\CCCCC)OC(=O)CCCCCCCCC/C=C\C/C=C\CCCCCC. The molecule has 73 heavy (non-hydrogen) atoms. The molecule has 0 heterocycles. The first-order chi connectivity index (χ1) is 36.0. The fourth-order valence-electron chi connectivity index (χ4n) is 8.69. The number of hydrogen-bond donors (Lipinski definition) is 0. The Balaban J connectivity index is 4.30. The molecule has 0 saturated heterocycles. The molecule has 0 spiro atoms. The van der Waals surface area contributed by atoms with Gasteiger partial charge in [-0.2, -0.15) is 0 Å². The maximum atomic E-state index is 12.9. The summed E-state index contributed by atoms with van der Waals surface area (Å²) in [6, 6.07) is 0. The van der Waals surface area contributed by atoms with Crippen molar-refractivity contribution in [1.29, 1.82) is 0 Å². The van der Waals surface area contributed by atoms with Crippen LogP contribution in [-0.2, 0) is 28.6 Å². The zero-order chi connectivity index (χ0) is 52.9. The van der Waals surface area contributed by atoms with Crippen LogP contribution in [0.25, 0.3) is 0 Å². The molecule has 1 unspecified atom stereocenters. The number of rotatable bonds is 56. The Morgan fingerprint density at radius 2 is 0.534 bits per heavy atom. The van der Waals surface area contributed by atoms with Crippen LogP contribution in [0.15, 0.2) is 85.1 Å². The molecule has 0 rings (SSSR count). The van der Waals surface area contributed by atoms with E-state index in [1.165, 1.54) is 161 Å². The Kier molecular flexibility index (Phi) is 58.3. The van der Waals surface area contributed by atoms with E-state index in [0.717, 1.165) is 103 Å². The lowest BCUT2D eigenvalue weighted by Crippen LogP contribution is -2.30. The zero-order valence-corrected chi connectivity index (χ0v) is 48.1. The number of hydrogen-bond acceptors (Lipinski definition) is 6. The van der Waals surface area contributed by atoms with Gasteiger partial charge in [-0.25, -0.2) is 0 Å². The maximum Gasteiger partial charge on any atom is 0.306 e.